The van der Waals surface area contributed by atoms with Crippen molar-refractivity contribution in [1.82, 2.24) is 15.1 Å². The molecule has 25 heavy (non-hydrogen) atoms. The fraction of sp³-hybridized carbons (Fsp3) is 0.944. The molecule has 0 saturated carbocycles. The van der Waals surface area contributed by atoms with E-state index >= 15 is 0 Å². The molecule has 0 bridgehead atoms. The summed E-state index contributed by atoms with van der Waals surface area (Å²) >= 11 is 0. The first-order chi connectivity index (χ1) is 11.9. The highest BCUT2D eigenvalue weighted by Crippen LogP contribution is 2.21. The Morgan fingerprint density at radius 2 is 1.84 bits per heavy atom. The van der Waals surface area contributed by atoms with Crippen molar-refractivity contribution in [2.75, 3.05) is 59.5 Å². The highest BCUT2D eigenvalue weighted by molar-refractivity contribution is 14.0. The Morgan fingerprint density at radius 3 is 2.56 bits per heavy atom. The maximum absolute atomic E-state index is 5.93. The van der Waals surface area contributed by atoms with Crippen LogP contribution in [0, 0.1) is 0 Å². The monoisotopic (exact) mass is 466 g/mol. The topological polar surface area (TPSA) is 49.3 Å². The molecule has 3 aliphatic rings. The Balaban J connectivity index is 0.00000225. The summed E-state index contributed by atoms with van der Waals surface area (Å²) in [5, 5.41) is 3.54. The van der Waals surface area contributed by atoms with Gasteiger partial charge < -0.3 is 24.6 Å². The third-order valence-corrected chi connectivity index (χ3v) is 5.37. The van der Waals surface area contributed by atoms with Gasteiger partial charge in [-0.2, -0.15) is 0 Å². The summed E-state index contributed by atoms with van der Waals surface area (Å²) in [5.74, 6) is 1.02. The summed E-state index contributed by atoms with van der Waals surface area (Å²) in [5.41, 5.74) is 0. The van der Waals surface area contributed by atoms with Crippen molar-refractivity contribution in [3.05, 3.63) is 0 Å². The molecular weight excluding hydrogens is 431 g/mol. The van der Waals surface area contributed by atoms with Gasteiger partial charge in [-0.3, -0.25) is 4.99 Å². The molecule has 3 fully saturated rings. The van der Waals surface area contributed by atoms with Gasteiger partial charge in [-0.05, 0) is 58.2 Å². The van der Waals surface area contributed by atoms with Gasteiger partial charge in [0.15, 0.2) is 5.96 Å². The van der Waals surface area contributed by atoms with E-state index in [1.54, 1.807) is 0 Å². The molecule has 0 spiro atoms. The summed E-state index contributed by atoms with van der Waals surface area (Å²) in [6.07, 6.45) is 7.99. The van der Waals surface area contributed by atoms with Crippen molar-refractivity contribution in [2.45, 2.75) is 50.7 Å². The minimum atomic E-state index is 0. The molecule has 1 N–H and O–H groups in total. The standard InChI is InChI=1S/C18H34N4O2.HI/c1-19-18(20-8-2-3-9-21-10-4-5-11-21)22-12-14-24-17(15-22)16-7-6-13-23-16;/h16-17H,2-15H2,1H3,(H,19,20);1H. The molecule has 3 heterocycles. The Labute approximate surface area is 169 Å². The van der Waals surface area contributed by atoms with Gasteiger partial charge in [-0.15, -0.1) is 24.0 Å². The van der Waals surface area contributed by atoms with Crippen LogP contribution in [-0.4, -0.2) is 87.5 Å². The zero-order valence-electron chi connectivity index (χ0n) is 15.6. The number of rotatable bonds is 6. The van der Waals surface area contributed by atoms with Gasteiger partial charge in [-0.25, -0.2) is 0 Å². The van der Waals surface area contributed by atoms with Gasteiger partial charge >= 0.3 is 0 Å². The Hall–Kier alpha value is -0.120. The lowest BCUT2D eigenvalue weighted by atomic mass is 10.1. The molecule has 2 atom stereocenters. The predicted molar refractivity (Wildman–Crippen MR) is 112 cm³/mol. The molecule has 146 valence electrons. The van der Waals surface area contributed by atoms with E-state index in [2.05, 4.69) is 20.1 Å². The first kappa shape index (κ1) is 21.2. The van der Waals surface area contributed by atoms with Crippen LogP contribution in [-0.2, 0) is 9.47 Å². The highest BCUT2D eigenvalue weighted by Gasteiger charge is 2.32. The first-order valence-electron chi connectivity index (χ1n) is 9.78. The number of nitrogens with zero attached hydrogens (tertiary/aromatic N) is 3. The molecule has 0 aliphatic carbocycles. The summed E-state index contributed by atoms with van der Waals surface area (Å²) < 4.78 is 11.7. The number of aliphatic imine (C=N–C) groups is 1. The van der Waals surface area contributed by atoms with Gasteiger partial charge in [0.1, 0.15) is 6.10 Å². The number of likely N-dealkylation sites (tertiary alicyclic amines) is 1. The van der Waals surface area contributed by atoms with Gasteiger partial charge in [0.2, 0.25) is 0 Å². The van der Waals surface area contributed by atoms with Crippen molar-refractivity contribution >= 4 is 29.9 Å². The fourth-order valence-electron chi connectivity index (χ4n) is 3.99. The maximum Gasteiger partial charge on any atom is 0.193 e. The van der Waals surface area contributed by atoms with E-state index in [-0.39, 0.29) is 36.2 Å². The molecule has 6 nitrogen and oxygen atoms in total. The summed E-state index contributed by atoms with van der Waals surface area (Å²) in [6.45, 7) is 8.30. The molecule has 3 aliphatic heterocycles. The van der Waals surface area contributed by atoms with Crippen molar-refractivity contribution in [3.63, 3.8) is 0 Å². The van der Waals surface area contributed by atoms with Crippen molar-refractivity contribution < 1.29 is 9.47 Å². The molecule has 3 saturated heterocycles. The molecule has 0 amide bonds. The lowest BCUT2D eigenvalue weighted by Crippen LogP contribution is -2.53. The van der Waals surface area contributed by atoms with E-state index in [0.29, 0.717) is 0 Å². The second kappa shape index (κ2) is 11.6. The van der Waals surface area contributed by atoms with E-state index in [1.165, 1.54) is 45.3 Å². The van der Waals surface area contributed by atoms with Gasteiger partial charge in [0.25, 0.3) is 0 Å². The minimum Gasteiger partial charge on any atom is -0.375 e. The van der Waals surface area contributed by atoms with E-state index in [1.807, 2.05) is 7.05 Å². The van der Waals surface area contributed by atoms with Crippen LogP contribution >= 0.6 is 24.0 Å². The van der Waals surface area contributed by atoms with Gasteiger partial charge in [-0.1, -0.05) is 0 Å². The van der Waals surface area contributed by atoms with Crippen LogP contribution in [0.5, 0.6) is 0 Å². The number of ether oxygens (including phenoxy) is 2. The largest absolute Gasteiger partial charge is 0.375 e. The van der Waals surface area contributed by atoms with E-state index in [4.69, 9.17) is 9.47 Å². The normalized spacial score (nSPS) is 28.2. The Kier molecular flexibility index (Phi) is 9.80. The number of nitrogens with one attached hydrogen (secondary N) is 1. The summed E-state index contributed by atoms with van der Waals surface area (Å²) in [7, 11) is 1.88. The Morgan fingerprint density at radius 1 is 1.04 bits per heavy atom. The van der Waals surface area contributed by atoms with Crippen LogP contribution in [0.2, 0.25) is 0 Å². The summed E-state index contributed by atoms with van der Waals surface area (Å²) in [4.78, 5) is 9.39. The first-order valence-corrected chi connectivity index (χ1v) is 9.78. The molecule has 0 radical (unpaired) electrons. The minimum absolute atomic E-state index is 0. The van der Waals surface area contributed by atoms with Crippen molar-refractivity contribution in [3.8, 4) is 0 Å². The number of halogens is 1. The van der Waals surface area contributed by atoms with Gasteiger partial charge in [0.05, 0.1) is 12.7 Å². The lowest BCUT2D eigenvalue weighted by Gasteiger charge is -2.37. The van der Waals surface area contributed by atoms with E-state index < -0.39 is 0 Å². The second-order valence-electron chi connectivity index (χ2n) is 7.14. The smallest absolute Gasteiger partial charge is 0.193 e. The number of hydrogen-bond acceptors (Lipinski definition) is 4. The number of guanidine groups is 1. The molecule has 0 aromatic heterocycles. The third kappa shape index (κ3) is 6.52. The molecule has 2 unspecified atom stereocenters. The van der Waals surface area contributed by atoms with Crippen molar-refractivity contribution in [2.24, 2.45) is 4.99 Å². The average Bonchev–Trinajstić information content (AvgIpc) is 3.32. The van der Waals surface area contributed by atoms with E-state index in [9.17, 15) is 0 Å². The Bertz CT molecular complexity index is 399. The van der Waals surface area contributed by atoms with Crippen LogP contribution in [0.4, 0.5) is 0 Å². The molecule has 0 aromatic carbocycles. The quantitative estimate of drug-likeness (QED) is 0.281. The zero-order valence-corrected chi connectivity index (χ0v) is 18.0. The maximum atomic E-state index is 5.93. The lowest BCUT2D eigenvalue weighted by molar-refractivity contribution is -0.0816. The number of hydrogen-bond donors (Lipinski definition) is 1. The number of unbranched alkanes of at least 4 members (excludes halogenated alkanes) is 1. The van der Waals surface area contributed by atoms with Crippen molar-refractivity contribution in [1.29, 1.82) is 0 Å². The second-order valence-corrected chi connectivity index (χ2v) is 7.14. The zero-order chi connectivity index (χ0) is 16.6. The van der Waals surface area contributed by atoms with Crippen LogP contribution in [0.25, 0.3) is 0 Å². The van der Waals surface area contributed by atoms with Crippen LogP contribution < -0.4 is 5.32 Å². The third-order valence-electron chi connectivity index (χ3n) is 5.37. The number of morpholine rings is 1. The summed E-state index contributed by atoms with van der Waals surface area (Å²) in [6, 6.07) is 0. The fourth-order valence-corrected chi connectivity index (χ4v) is 3.99. The molecule has 7 heteroatoms. The molecule has 3 rings (SSSR count). The van der Waals surface area contributed by atoms with Crippen LogP contribution in [0.3, 0.4) is 0 Å². The average molecular weight is 466 g/mol. The SMILES string of the molecule is CN=C(NCCCCN1CCCC1)N1CCOC(C2CCCO2)C1.I. The van der Waals surface area contributed by atoms with Crippen LogP contribution in [0.15, 0.2) is 4.99 Å². The van der Waals surface area contributed by atoms with Gasteiger partial charge in [0, 0.05) is 33.3 Å². The highest BCUT2D eigenvalue weighted by atomic mass is 127. The molecule has 0 aromatic rings. The van der Waals surface area contributed by atoms with Crippen LogP contribution in [0.1, 0.15) is 38.5 Å². The van der Waals surface area contributed by atoms with E-state index in [0.717, 1.165) is 51.6 Å². The molecular formula is C18H35IN4O2. The predicted octanol–water partition coefficient (Wildman–Crippen LogP) is 1.94.